The monoisotopic (exact) mass is 284 g/mol. The first-order valence-electron chi connectivity index (χ1n) is 6.97. The van der Waals surface area contributed by atoms with Crippen LogP contribution in [0.2, 0.25) is 0 Å². The Morgan fingerprint density at radius 1 is 1.35 bits per heavy atom. The maximum atomic E-state index is 12.0. The molecule has 1 saturated carbocycles. The largest absolute Gasteiger partial charge is 0.480 e. The van der Waals surface area contributed by atoms with Crippen molar-refractivity contribution in [2.75, 3.05) is 19.7 Å². The van der Waals surface area contributed by atoms with Crippen molar-refractivity contribution in [1.82, 2.24) is 10.2 Å². The molecule has 1 saturated heterocycles. The minimum atomic E-state index is -0.967. The first-order chi connectivity index (χ1) is 9.54. The second-order valence-corrected chi connectivity index (χ2v) is 5.25. The van der Waals surface area contributed by atoms with Gasteiger partial charge in [0.05, 0.1) is 6.61 Å². The Kier molecular flexibility index (Phi) is 4.46. The van der Waals surface area contributed by atoms with E-state index in [2.05, 4.69) is 5.32 Å². The Balaban J connectivity index is 1.95. The van der Waals surface area contributed by atoms with Crippen LogP contribution in [0.25, 0.3) is 0 Å². The number of hydrogen-bond acceptors (Lipinski definition) is 4. The third-order valence-electron chi connectivity index (χ3n) is 4.09. The fourth-order valence-electron chi connectivity index (χ4n) is 3.29. The Morgan fingerprint density at radius 2 is 2.10 bits per heavy atom. The number of carbonyl (C=O) groups is 3. The topological polar surface area (TPSA) is 95.9 Å². The van der Waals surface area contributed by atoms with Gasteiger partial charge in [-0.25, -0.2) is 9.59 Å². The van der Waals surface area contributed by atoms with Crippen LogP contribution in [0.1, 0.15) is 26.2 Å². The standard InChI is InChI=1S/C13H20N2O5/c1-2-20-10(16)6-14-13(19)15-7-8-4-3-5-9(8)11(15)12(17)18/h8-9,11H,2-7H2,1H3,(H,14,19)(H,17,18). The highest BCUT2D eigenvalue weighted by Crippen LogP contribution is 2.42. The molecule has 0 bridgehead atoms. The molecule has 7 nitrogen and oxygen atoms in total. The number of amides is 2. The van der Waals surface area contributed by atoms with Gasteiger partial charge in [0.15, 0.2) is 0 Å². The summed E-state index contributed by atoms with van der Waals surface area (Å²) in [6, 6.07) is -1.27. The number of urea groups is 1. The Labute approximate surface area is 117 Å². The van der Waals surface area contributed by atoms with Crippen molar-refractivity contribution in [2.24, 2.45) is 11.8 Å². The Bertz CT molecular complexity index is 412. The van der Waals surface area contributed by atoms with Gasteiger partial charge in [0.2, 0.25) is 0 Å². The van der Waals surface area contributed by atoms with Gasteiger partial charge in [-0.1, -0.05) is 6.42 Å². The number of carbonyl (C=O) groups excluding carboxylic acids is 2. The Morgan fingerprint density at radius 3 is 2.75 bits per heavy atom. The SMILES string of the molecule is CCOC(=O)CNC(=O)N1CC2CCCC2C1C(=O)O. The van der Waals surface area contributed by atoms with Crippen LogP contribution in [0.4, 0.5) is 4.79 Å². The van der Waals surface area contributed by atoms with E-state index in [1.54, 1.807) is 6.92 Å². The third-order valence-corrected chi connectivity index (χ3v) is 4.09. The normalized spacial score (nSPS) is 28.1. The zero-order chi connectivity index (χ0) is 14.7. The van der Waals surface area contributed by atoms with Crippen LogP contribution in [0.15, 0.2) is 0 Å². The molecule has 1 aliphatic carbocycles. The second kappa shape index (κ2) is 6.11. The summed E-state index contributed by atoms with van der Waals surface area (Å²) < 4.78 is 4.72. The molecule has 0 aromatic rings. The molecule has 1 aliphatic heterocycles. The number of carboxylic acid groups (broad SMARTS) is 1. The van der Waals surface area contributed by atoms with E-state index in [0.717, 1.165) is 19.3 Å². The molecule has 3 unspecified atom stereocenters. The van der Waals surface area contributed by atoms with Gasteiger partial charge in [0.1, 0.15) is 12.6 Å². The predicted octanol–water partition coefficient (Wildman–Crippen LogP) is 0.444. The van der Waals surface area contributed by atoms with E-state index in [0.29, 0.717) is 6.54 Å². The van der Waals surface area contributed by atoms with E-state index in [1.165, 1.54) is 4.90 Å². The van der Waals surface area contributed by atoms with E-state index in [1.807, 2.05) is 0 Å². The van der Waals surface area contributed by atoms with Gasteiger partial charge in [-0.05, 0) is 31.6 Å². The van der Waals surface area contributed by atoms with Crippen LogP contribution in [-0.4, -0.2) is 53.7 Å². The molecule has 7 heteroatoms. The summed E-state index contributed by atoms with van der Waals surface area (Å²) in [4.78, 5) is 36.0. The van der Waals surface area contributed by atoms with E-state index in [-0.39, 0.29) is 25.0 Å². The van der Waals surface area contributed by atoms with Crippen molar-refractivity contribution in [3.05, 3.63) is 0 Å². The number of fused-ring (bicyclic) bond motifs is 1. The molecule has 0 radical (unpaired) electrons. The maximum Gasteiger partial charge on any atom is 0.326 e. The minimum Gasteiger partial charge on any atom is -0.480 e. The second-order valence-electron chi connectivity index (χ2n) is 5.25. The molecule has 2 aliphatic rings. The van der Waals surface area contributed by atoms with Crippen molar-refractivity contribution < 1.29 is 24.2 Å². The Hall–Kier alpha value is -1.79. The van der Waals surface area contributed by atoms with Crippen LogP contribution < -0.4 is 5.32 Å². The molecular weight excluding hydrogens is 264 g/mol. The van der Waals surface area contributed by atoms with E-state index >= 15 is 0 Å². The molecule has 112 valence electrons. The zero-order valence-electron chi connectivity index (χ0n) is 11.5. The van der Waals surface area contributed by atoms with Gasteiger partial charge < -0.3 is 20.1 Å². The number of esters is 1. The van der Waals surface area contributed by atoms with Crippen molar-refractivity contribution in [1.29, 1.82) is 0 Å². The van der Waals surface area contributed by atoms with Gasteiger partial charge in [-0.2, -0.15) is 0 Å². The number of aliphatic carboxylic acids is 1. The van der Waals surface area contributed by atoms with Crippen LogP contribution >= 0.6 is 0 Å². The maximum absolute atomic E-state index is 12.0. The zero-order valence-corrected chi connectivity index (χ0v) is 11.5. The number of carboxylic acids is 1. The molecule has 3 atom stereocenters. The lowest BCUT2D eigenvalue weighted by atomic mass is 9.94. The van der Waals surface area contributed by atoms with E-state index < -0.39 is 24.0 Å². The first kappa shape index (κ1) is 14.6. The first-order valence-corrected chi connectivity index (χ1v) is 6.97. The molecule has 0 aromatic carbocycles. The van der Waals surface area contributed by atoms with Crippen LogP contribution in [0, 0.1) is 11.8 Å². The summed E-state index contributed by atoms with van der Waals surface area (Å²) in [5, 5.41) is 11.8. The molecule has 0 aromatic heterocycles. The molecule has 20 heavy (non-hydrogen) atoms. The molecule has 2 fully saturated rings. The van der Waals surface area contributed by atoms with Crippen molar-refractivity contribution >= 4 is 18.0 Å². The molecular formula is C13H20N2O5. The lowest BCUT2D eigenvalue weighted by molar-refractivity contribution is -0.142. The summed E-state index contributed by atoms with van der Waals surface area (Å²) in [5.41, 5.74) is 0. The van der Waals surface area contributed by atoms with Crippen LogP contribution in [0.5, 0.6) is 0 Å². The highest BCUT2D eigenvalue weighted by atomic mass is 16.5. The molecule has 1 heterocycles. The highest BCUT2D eigenvalue weighted by Gasteiger charge is 2.49. The van der Waals surface area contributed by atoms with Gasteiger partial charge in [0, 0.05) is 6.54 Å². The third kappa shape index (κ3) is 2.86. The van der Waals surface area contributed by atoms with Gasteiger partial charge in [-0.3, -0.25) is 4.79 Å². The van der Waals surface area contributed by atoms with Crippen molar-refractivity contribution in [3.63, 3.8) is 0 Å². The molecule has 2 amide bonds. The number of nitrogens with one attached hydrogen (secondary N) is 1. The average molecular weight is 284 g/mol. The lowest BCUT2D eigenvalue weighted by Gasteiger charge is -2.24. The van der Waals surface area contributed by atoms with Gasteiger partial charge in [0.25, 0.3) is 0 Å². The predicted molar refractivity (Wildman–Crippen MR) is 69.0 cm³/mol. The summed E-state index contributed by atoms with van der Waals surface area (Å²) >= 11 is 0. The number of rotatable bonds is 4. The summed E-state index contributed by atoms with van der Waals surface area (Å²) in [5.74, 6) is -1.18. The number of hydrogen-bond donors (Lipinski definition) is 2. The van der Waals surface area contributed by atoms with Crippen molar-refractivity contribution in [2.45, 2.75) is 32.2 Å². The van der Waals surface area contributed by atoms with E-state index in [9.17, 15) is 19.5 Å². The summed E-state index contributed by atoms with van der Waals surface area (Å²) in [7, 11) is 0. The lowest BCUT2D eigenvalue weighted by Crippen LogP contribution is -2.49. The molecule has 0 spiro atoms. The molecule has 2 rings (SSSR count). The van der Waals surface area contributed by atoms with E-state index in [4.69, 9.17) is 4.74 Å². The van der Waals surface area contributed by atoms with Gasteiger partial charge in [-0.15, -0.1) is 0 Å². The van der Waals surface area contributed by atoms with Crippen LogP contribution in [0.3, 0.4) is 0 Å². The summed E-state index contributed by atoms with van der Waals surface area (Å²) in [6.45, 7) is 2.16. The van der Waals surface area contributed by atoms with Crippen LogP contribution in [-0.2, 0) is 14.3 Å². The quantitative estimate of drug-likeness (QED) is 0.730. The fraction of sp³-hybridized carbons (Fsp3) is 0.769. The minimum absolute atomic E-state index is 0.0424. The highest BCUT2D eigenvalue weighted by molar-refractivity contribution is 5.86. The van der Waals surface area contributed by atoms with Gasteiger partial charge >= 0.3 is 18.0 Å². The van der Waals surface area contributed by atoms with Crippen molar-refractivity contribution in [3.8, 4) is 0 Å². The number of nitrogens with zero attached hydrogens (tertiary/aromatic N) is 1. The number of ether oxygens (including phenoxy) is 1. The molecule has 2 N–H and O–H groups in total. The fourth-order valence-corrected chi connectivity index (χ4v) is 3.29. The smallest absolute Gasteiger partial charge is 0.326 e. The number of likely N-dealkylation sites (tertiary alicyclic amines) is 1. The summed E-state index contributed by atoms with van der Waals surface area (Å²) in [6.07, 6.45) is 2.84. The average Bonchev–Trinajstić information content (AvgIpc) is 2.95.